The molecule has 0 heterocycles. The lowest BCUT2D eigenvalue weighted by molar-refractivity contribution is 0.483. The van der Waals surface area contributed by atoms with E-state index in [2.05, 4.69) is 88.7 Å². The monoisotopic (exact) mass is 674 g/mol. The van der Waals surface area contributed by atoms with E-state index in [0.717, 1.165) is 50.7 Å². The summed E-state index contributed by atoms with van der Waals surface area (Å²) in [6.07, 6.45) is 0. The van der Waals surface area contributed by atoms with Gasteiger partial charge in [0.25, 0.3) is 0 Å². The van der Waals surface area contributed by atoms with Gasteiger partial charge in [-0.1, -0.05) is 140 Å². The molecule has 0 bridgehead atoms. The van der Waals surface area contributed by atoms with Crippen LogP contribution < -0.4 is 14.5 Å². The number of halogens is 1. The largest absolute Gasteiger partial charge is 0.457 e. The van der Waals surface area contributed by atoms with E-state index in [0.29, 0.717) is 17.2 Å². The molecule has 0 radical (unpaired) electrons. The summed E-state index contributed by atoms with van der Waals surface area (Å²) in [6, 6.07) is 70.4. The van der Waals surface area contributed by atoms with Gasteiger partial charge in [-0.05, 0) is 71.8 Å². The smallest absolute Gasteiger partial charge is 0.131 e. The van der Waals surface area contributed by atoms with Gasteiger partial charge in [-0.2, -0.15) is 0 Å². The van der Waals surface area contributed by atoms with Crippen LogP contribution in [0.1, 0.15) is 0 Å². The second kappa shape index (κ2) is 14.9. The van der Waals surface area contributed by atoms with Crippen LogP contribution in [-0.2, 0) is 0 Å². The Kier molecular flexibility index (Phi) is 9.26. The first kappa shape index (κ1) is 32.3. The van der Waals surface area contributed by atoms with Crippen LogP contribution >= 0.6 is 0 Å². The van der Waals surface area contributed by atoms with Crippen LogP contribution in [0.4, 0.5) is 38.5 Å². The van der Waals surface area contributed by atoms with Gasteiger partial charge in [0.05, 0.1) is 17.1 Å². The van der Waals surface area contributed by atoms with Gasteiger partial charge in [-0.25, -0.2) is 4.39 Å². The normalized spacial score (nSPS) is 10.8. The zero-order valence-electron chi connectivity index (χ0n) is 28.4. The molecule has 0 aliphatic carbocycles. The minimum absolute atomic E-state index is 0.326. The van der Waals surface area contributed by atoms with E-state index < -0.39 is 0 Å². The highest BCUT2D eigenvalue weighted by Crippen LogP contribution is 2.49. The number of benzene rings is 8. The number of anilines is 6. The average Bonchev–Trinajstić information content (AvgIpc) is 3.20. The Balaban J connectivity index is 1.44. The molecule has 52 heavy (non-hydrogen) atoms. The summed E-state index contributed by atoms with van der Waals surface area (Å²) >= 11 is 0. The van der Waals surface area contributed by atoms with Crippen molar-refractivity contribution in [3.63, 3.8) is 0 Å². The topological polar surface area (TPSA) is 15.7 Å². The van der Waals surface area contributed by atoms with Gasteiger partial charge in [0.2, 0.25) is 0 Å². The summed E-state index contributed by atoms with van der Waals surface area (Å²) < 4.78 is 22.0. The van der Waals surface area contributed by atoms with Crippen LogP contribution in [0.3, 0.4) is 0 Å². The van der Waals surface area contributed by atoms with Crippen molar-refractivity contribution in [3.8, 4) is 33.8 Å². The van der Waals surface area contributed by atoms with Crippen molar-refractivity contribution in [2.75, 3.05) is 9.80 Å². The van der Waals surface area contributed by atoms with E-state index in [1.807, 2.05) is 115 Å². The number of ether oxygens (including phenoxy) is 1. The SMILES string of the molecule is Fc1cccc(N(c2cc(Oc3ccccc3)cc(N(c3ccccc3)c3ccccc3)c2)c2c(-c3ccccc3)cccc2-c2ccccc2)c1. The number of hydrogen-bond acceptors (Lipinski definition) is 3. The van der Waals surface area contributed by atoms with E-state index in [9.17, 15) is 0 Å². The van der Waals surface area contributed by atoms with Gasteiger partial charge >= 0.3 is 0 Å². The van der Waals surface area contributed by atoms with Crippen molar-refractivity contribution in [2.24, 2.45) is 0 Å². The second-order valence-corrected chi connectivity index (χ2v) is 12.4. The van der Waals surface area contributed by atoms with Gasteiger partial charge in [0, 0.05) is 40.3 Å². The molecule has 0 N–H and O–H groups in total. The Bertz CT molecular complexity index is 2290. The molecule has 8 aromatic rings. The molecule has 3 nitrogen and oxygen atoms in total. The molecule has 0 aliphatic rings. The molecule has 8 aromatic carbocycles. The summed E-state index contributed by atoms with van der Waals surface area (Å²) in [5.74, 6) is 1.02. The lowest BCUT2D eigenvalue weighted by Gasteiger charge is -2.32. The maximum atomic E-state index is 15.4. The zero-order chi connectivity index (χ0) is 35.1. The molecule has 0 aliphatic heterocycles. The molecule has 0 fully saturated rings. The third kappa shape index (κ3) is 6.91. The fourth-order valence-electron chi connectivity index (χ4n) is 6.62. The highest BCUT2D eigenvalue weighted by molar-refractivity contribution is 5.98. The highest BCUT2D eigenvalue weighted by Gasteiger charge is 2.24. The van der Waals surface area contributed by atoms with Crippen molar-refractivity contribution >= 4 is 34.1 Å². The highest BCUT2D eigenvalue weighted by atomic mass is 19.1. The zero-order valence-corrected chi connectivity index (χ0v) is 28.4. The fourth-order valence-corrected chi connectivity index (χ4v) is 6.62. The molecule has 0 amide bonds. The van der Waals surface area contributed by atoms with E-state index in [1.165, 1.54) is 6.07 Å². The van der Waals surface area contributed by atoms with Crippen molar-refractivity contribution in [2.45, 2.75) is 0 Å². The maximum absolute atomic E-state index is 15.4. The van der Waals surface area contributed by atoms with Crippen LogP contribution in [0, 0.1) is 5.82 Å². The van der Waals surface area contributed by atoms with E-state index >= 15 is 4.39 Å². The summed E-state index contributed by atoms with van der Waals surface area (Å²) in [5.41, 5.74) is 9.34. The molecule has 0 unspecified atom stereocenters. The second-order valence-electron chi connectivity index (χ2n) is 12.4. The summed E-state index contributed by atoms with van der Waals surface area (Å²) in [4.78, 5) is 4.37. The Morgan fingerprint density at radius 2 is 0.769 bits per heavy atom. The Morgan fingerprint density at radius 3 is 1.29 bits per heavy atom. The van der Waals surface area contributed by atoms with Crippen molar-refractivity contribution < 1.29 is 9.13 Å². The number of rotatable bonds is 10. The number of hydrogen-bond donors (Lipinski definition) is 0. The molecule has 250 valence electrons. The van der Waals surface area contributed by atoms with E-state index in [4.69, 9.17) is 4.74 Å². The first-order valence-corrected chi connectivity index (χ1v) is 17.3. The predicted octanol–water partition coefficient (Wildman–Crippen LogP) is 13.9. The molecule has 0 saturated carbocycles. The lowest BCUT2D eigenvalue weighted by atomic mass is 9.94. The van der Waals surface area contributed by atoms with Gasteiger partial charge in [-0.3, -0.25) is 0 Å². The van der Waals surface area contributed by atoms with Crippen LogP contribution in [0.5, 0.6) is 11.5 Å². The van der Waals surface area contributed by atoms with Crippen molar-refractivity contribution in [3.05, 3.63) is 218 Å². The summed E-state index contributed by atoms with van der Waals surface area (Å²) in [6.45, 7) is 0. The quantitative estimate of drug-likeness (QED) is 0.144. The molecular weight excluding hydrogens is 640 g/mol. The summed E-state index contributed by atoms with van der Waals surface area (Å²) in [5, 5.41) is 0. The molecule has 0 atom stereocenters. The molecule has 4 heteroatoms. The van der Waals surface area contributed by atoms with Crippen molar-refractivity contribution in [1.29, 1.82) is 0 Å². The molecular formula is C48H35FN2O. The summed E-state index contributed by atoms with van der Waals surface area (Å²) in [7, 11) is 0. The molecule has 0 saturated heterocycles. The Morgan fingerprint density at radius 1 is 0.327 bits per heavy atom. The maximum Gasteiger partial charge on any atom is 0.131 e. The Labute approximate surface area is 304 Å². The standard InChI is InChI=1S/C48H35FN2O/c49-38-22-16-27-41(32-38)51(48-46(36-18-6-1-7-19-36)30-17-31-47(48)37-20-8-2-9-21-37)43-33-42(34-45(35-43)52-44-28-14-5-15-29-44)50(39-23-10-3-11-24-39)40-25-12-4-13-26-40/h1-35H. The predicted molar refractivity (Wildman–Crippen MR) is 213 cm³/mol. The van der Waals surface area contributed by atoms with Gasteiger partial charge < -0.3 is 14.5 Å². The number of nitrogens with zero attached hydrogens (tertiary/aromatic N) is 2. The Hall–Kier alpha value is -6.91. The van der Waals surface area contributed by atoms with E-state index in [-0.39, 0.29) is 5.82 Å². The van der Waals surface area contributed by atoms with Gasteiger partial charge in [0.1, 0.15) is 17.3 Å². The van der Waals surface area contributed by atoms with Crippen molar-refractivity contribution in [1.82, 2.24) is 0 Å². The lowest BCUT2D eigenvalue weighted by Crippen LogP contribution is -2.15. The van der Waals surface area contributed by atoms with Crippen LogP contribution in [-0.4, -0.2) is 0 Å². The van der Waals surface area contributed by atoms with Gasteiger partial charge in [0.15, 0.2) is 0 Å². The third-order valence-electron chi connectivity index (χ3n) is 8.90. The fraction of sp³-hybridized carbons (Fsp3) is 0. The van der Waals surface area contributed by atoms with Crippen LogP contribution in [0.15, 0.2) is 212 Å². The average molecular weight is 675 g/mol. The van der Waals surface area contributed by atoms with Gasteiger partial charge in [-0.15, -0.1) is 0 Å². The molecule has 0 spiro atoms. The minimum Gasteiger partial charge on any atom is -0.457 e. The molecule has 8 rings (SSSR count). The first-order chi connectivity index (χ1) is 25.7. The minimum atomic E-state index is -0.326. The number of para-hydroxylation sites is 4. The van der Waals surface area contributed by atoms with Crippen LogP contribution in [0.2, 0.25) is 0 Å². The molecule has 0 aromatic heterocycles. The van der Waals surface area contributed by atoms with Crippen LogP contribution in [0.25, 0.3) is 22.3 Å². The van der Waals surface area contributed by atoms with E-state index in [1.54, 1.807) is 12.1 Å². The first-order valence-electron chi connectivity index (χ1n) is 17.3. The third-order valence-corrected chi connectivity index (χ3v) is 8.90.